The van der Waals surface area contributed by atoms with E-state index in [1.807, 2.05) is 35.1 Å². The molecule has 2 aromatic rings. The van der Waals surface area contributed by atoms with Gasteiger partial charge in [0, 0.05) is 12.2 Å². The lowest BCUT2D eigenvalue weighted by Crippen LogP contribution is -2.17. The molecule has 0 spiro atoms. The number of carboxylic acids is 1. The maximum atomic E-state index is 12.9. The lowest BCUT2D eigenvalue weighted by molar-refractivity contribution is -0.139. The van der Waals surface area contributed by atoms with Crippen molar-refractivity contribution < 1.29 is 14.7 Å². The standard InChI is InChI=1S/C17H19NO3S/c1-2-11-10-13-12(17(20)21)6-3-4-8-18(13)15(11)16(19)14-7-5-9-22-14/h5,7,9-10,12H,2-4,6,8H2,1H3,(H,20,21). The Balaban J connectivity index is 2.14. The molecule has 2 aromatic heterocycles. The summed E-state index contributed by atoms with van der Waals surface area (Å²) in [7, 11) is 0. The summed E-state index contributed by atoms with van der Waals surface area (Å²) >= 11 is 1.43. The van der Waals surface area contributed by atoms with Crippen molar-refractivity contribution >= 4 is 23.1 Å². The topological polar surface area (TPSA) is 59.3 Å². The molecular weight excluding hydrogens is 298 g/mol. The van der Waals surface area contributed by atoms with E-state index in [1.165, 1.54) is 11.3 Å². The van der Waals surface area contributed by atoms with E-state index in [-0.39, 0.29) is 5.78 Å². The zero-order chi connectivity index (χ0) is 15.7. The van der Waals surface area contributed by atoms with E-state index in [0.717, 1.165) is 37.1 Å². The number of hydrogen-bond acceptors (Lipinski definition) is 3. The van der Waals surface area contributed by atoms with Gasteiger partial charge < -0.3 is 9.67 Å². The lowest BCUT2D eigenvalue weighted by Gasteiger charge is -2.13. The van der Waals surface area contributed by atoms with Crippen molar-refractivity contribution in [2.75, 3.05) is 0 Å². The van der Waals surface area contributed by atoms with Crippen LogP contribution < -0.4 is 0 Å². The van der Waals surface area contributed by atoms with Crippen LogP contribution in [-0.2, 0) is 17.8 Å². The Morgan fingerprint density at radius 1 is 1.41 bits per heavy atom. The van der Waals surface area contributed by atoms with E-state index in [2.05, 4.69) is 0 Å². The number of hydrogen-bond donors (Lipinski definition) is 1. The molecule has 1 unspecified atom stereocenters. The first kappa shape index (κ1) is 15.0. The number of nitrogens with zero attached hydrogens (tertiary/aromatic N) is 1. The SMILES string of the molecule is CCc1cc2n(c1C(=O)c1cccs1)CCCCC2C(=O)O. The number of aliphatic carboxylic acids is 1. The highest BCUT2D eigenvalue weighted by molar-refractivity contribution is 7.12. The molecule has 0 radical (unpaired) electrons. The van der Waals surface area contributed by atoms with Crippen LogP contribution in [0.25, 0.3) is 0 Å². The van der Waals surface area contributed by atoms with Gasteiger partial charge in [-0.3, -0.25) is 9.59 Å². The third kappa shape index (κ3) is 2.50. The van der Waals surface area contributed by atoms with Gasteiger partial charge in [0.1, 0.15) is 0 Å². The number of carbonyl (C=O) groups excluding carboxylic acids is 1. The Morgan fingerprint density at radius 3 is 2.86 bits per heavy atom. The van der Waals surface area contributed by atoms with Crippen LogP contribution in [0.3, 0.4) is 0 Å². The molecule has 0 bridgehead atoms. The quantitative estimate of drug-likeness (QED) is 0.875. The van der Waals surface area contributed by atoms with Gasteiger partial charge in [-0.15, -0.1) is 11.3 Å². The first-order valence-corrected chi connectivity index (χ1v) is 8.54. The van der Waals surface area contributed by atoms with Gasteiger partial charge in [0.15, 0.2) is 0 Å². The van der Waals surface area contributed by atoms with Gasteiger partial charge in [0.2, 0.25) is 5.78 Å². The number of carboxylic acid groups (broad SMARTS) is 1. The highest BCUT2D eigenvalue weighted by atomic mass is 32.1. The summed E-state index contributed by atoms with van der Waals surface area (Å²) in [6, 6.07) is 5.64. The molecule has 0 saturated carbocycles. The third-order valence-corrected chi connectivity index (χ3v) is 5.20. The number of ketones is 1. The zero-order valence-corrected chi connectivity index (χ0v) is 13.4. The van der Waals surface area contributed by atoms with Gasteiger partial charge >= 0.3 is 5.97 Å². The molecule has 0 aliphatic carbocycles. The molecule has 22 heavy (non-hydrogen) atoms. The summed E-state index contributed by atoms with van der Waals surface area (Å²) in [6.45, 7) is 2.74. The molecular formula is C17H19NO3S. The summed E-state index contributed by atoms with van der Waals surface area (Å²) in [5, 5.41) is 11.4. The predicted molar refractivity (Wildman–Crippen MR) is 85.8 cm³/mol. The fourth-order valence-corrected chi connectivity index (χ4v) is 3.90. The van der Waals surface area contributed by atoms with Crippen LogP contribution in [0.5, 0.6) is 0 Å². The Hall–Kier alpha value is -1.88. The minimum atomic E-state index is -0.793. The van der Waals surface area contributed by atoms with Crippen molar-refractivity contribution in [1.82, 2.24) is 4.57 Å². The summed E-state index contributed by atoms with van der Waals surface area (Å²) in [6.07, 6.45) is 3.18. The van der Waals surface area contributed by atoms with Crippen LogP contribution in [0.4, 0.5) is 0 Å². The minimum Gasteiger partial charge on any atom is -0.481 e. The first-order chi connectivity index (χ1) is 10.6. The molecule has 3 heterocycles. The van der Waals surface area contributed by atoms with E-state index in [0.29, 0.717) is 17.0 Å². The second-order valence-electron chi connectivity index (χ2n) is 5.64. The van der Waals surface area contributed by atoms with E-state index in [9.17, 15) is 14.7 Å². The molecule has 1 N–H and O–H groups in total. The zero-order valence-electron chi connectivity index (χ0n) is 12.5. The first-order valence-electron chi connectivity index (χ1n) is 7.66. The second-order valence-corrected chi connectivity index (χ2v) is 6.59. The van der Waals surface area contributed by atoms with Gasteiger partial charge in [-0.25, -0.2) is 0 Å². The fourth-order valence-electron chi connectivity index (χ4n) is 3.24. The van der Waals surface area contributed by atoms with Crippen LogP contribution in [0.15, 0.2) is 23.6 Å². The van der Waals surface area contributed by atoms with E-state index in [1.54, 1.807) is 0 Å². The van der Waals surface area contributed by atoms with Crippen LogP contribution >= 0.6 is 11.3 Å². The van der Waals surface area contributed by atoms with Crippen molar-refractivity contribution in [3.05, 3.63) is 45.4 Å². The molecule has 1 atom stereocenters. The smallest absolute Gasteiger partial charge is 0.312 e. The number of aryl methyl sites for hydroxylation is 1. The van der Waals surface area contributed by atoms with E-state index in [4.69, 9.17) is 0 Å². The highest BCUT2D eigenvalue weighted by Crippen LogP contribution is 2.33. The minimum absolute atomic E-state index is 0.0177. The largest absolute Gasteiger partial charge is 0.481 e. The van der Waals surface area contributed by atoms with Crippen molar-refractivity contribution in [2.24, 2.45) is 0 Å². The van der Waals surface area contributed by atoms with Gasteiger partial charge in [0.05, 0.1) is 16.5 Å². The average Bonchev–Trinajstić information content (AvgIpc) is 3.10. The fraction of sp³-hybridized carbons (Fsp3) is 0.412. The predicted octanol–water partition coefficient (Wildman–Crippen LogP) is 3.70. The summed E-state index contributed by atoms with van der Waals surface area (Å²) in [5.41, 5.74) is 2.44. The highest BCUT2D eigenvalue weighted by Gasteiger charge is 2.30. The van der Waals surface area contributed by atoms with E-state index < -0.39 is 11.9 Å². The van der Waals surface area contributed by atoms with Crippen LogP contribution in [0, 0.1) is 0 Å². The maximum Gasteiger partial charge on any atom is 0.312 e. The molecule has 1 aliphatic rings. The normalized spacial score (nSPS) is 17.8. The van der Waals surface area contributed by atoms with Crippen molar-refractivity contribution in [2.45, 2.75) is 45.1 Å². The number of rotatable bonds is 4. The Morgan fingerprint density at radius 2 is 2.23 bits per heavy atom. The Bertz CT molecular complexity index is 700. The lowest BCUT2D eigenvalue weighted by atomic mass is 9.99. The number of fused-ring (bicyclic) bond motifs is 1. The van der Waals surface area contributed by atoms with Crippen molar-refractivity contribution in [1.29, 1.82) is 0 Å². The molecule has 3 rings (SSSR count). The van der Waals surface area contributed by atoms with Crippen LogP contribution in [0.1, 0.15) is 58.7 Å². The molecule has 5 heteroatoms. The Kier molecular flexibility index (Phi) is 4.16. The number of thiophene rings is 1. The summed E-state index contributed by atoms with van der Waals surface area (Å²) < 4.78 is 1.96. The van der Waals surface area contributed by atoms with Gasteiger partial charge in [-0.1, -0.05) is 19.4 Å². The van der Waals surface area contributed by atoms with Crippen LogP contribution in [0.2, 0.25) is 0 Å². The molecule has 0 amide bonds. The summed E-state index contributed by atoms with van der Waals surface area (Å²) in [5.74, 6) is -1.28. The summed E-state index contributed by atoms with van der Waals surface area (Å²) in [4.78, 5) is 25.1. The number of carbonyl (C=O) groups is 2. The van der Waals surface area contributed by atoms with Crippen molar-refractivity contribution in [3.8, 4) is 0 Å². The Labute approximate surface area is 133 Å². The monoisotopic (exact) mass is 317 g/mol. The van der Waals surface area contributed by atoms with Crippen LogP contribution in [-0.4, -0.2) is 21.4 Å². The molecule has 0 fully saturated rings. The third-order valence-electron chi connectivity index (χ3n) is 4.33. The number of aromatic nitrogens is 1. The van der Waals surface area contributed by atoms with Gasteiger partial charge in [-0.2, -0.15) is 0 Å². The second kappa shape index (κ2) is 6.08. The molecule has 0 aromatic carbocycles. The average molecular weight is 317 g/mol. The van der Waals surface area contributed by atoms with Crippen molar-refractivity contribution in [3.63, 3.8) is 0 Å². The van der Waals surface area contributed by atoms with Gasteiger partial charge in [-0.05, 0) is 42.3 Å². The van der Waals surface area contributed by atoms with Gasteiger partial charge in [0.25, 0.3) is 0 Å². The molecule has 0 saturated heterocycles. The molecule has 4 nitrogen and oxygen atoms in total. The van der Waals surface area contributed by atoms with E-state index >= 15 is 0 Å². The molecule has 1 aliphatic heterocycles. The maximum absolute atomic E-state index is 12.9. The molecule has 116 valence electrons.